The Morgan fingerprint density at radius 2 is 2.29 bits per heavy atom. The Balaban J connectivity index is 2.41. The molecule has 0 aliphatic carbocycles. The molecule has 5 heteroatoms. The minimum atomic E-state index is -0.357. The molecule has 0 radical (unpaired) electrons. The van der Waals surface area contributed by atoms with Crippen molar-refractivity contribution in [1.82, 2.24) is 15.3 Å². The molecule has 88 valence electrons. The van der Waals surface area contributed by atoms with Crippen molar-refractivity contribution < 1.29 is 4.39 Å². The van der Waals surface area contributed by atoms with Gasteiger partial charge in [0.15, 0.2) is 0 Å². The van der Waals surface area contributed by atoms with Crippen LogP contribution in [0.5, 0.6) is 0 Å². The molecular formula is C12H12FN3O. The van der Waals surface area contributed by atoms with Gasteiger partial charge in [0.2, 0.25) is 0 Å². The number of aromatic amines is 1. The van der Waals surface area contributed by atoms with E-state index >= 15 is 0 Å². The number of rotatable bonds is 3. The van der Waals surface area contributed by atoms with E-state index in [1.54, 1.807) is 19.2 Å². The molecule has 0 spiro atoms. The number of nitrogens with one attached hydrogen (secondary N) is 2. The highest BCUT2D eigenvalue weighted by Gasteiger charge is 2.04. The Kier molecular flexibility index (Phi) is 3.30. The Bertz CT molecular complexity index is 580. The van der Waals surface area contributed by atoms with E-state index in [0.717, 1.165) is 0 Å². The predicted octanol–water partition coefficient (Wildman–Crippen LogP) is 1.30. The van der Waals surface area contributed by atoms with Gasteiger partial charge >= 0.3 is 0 Å². The maximum absolute atomic E-state index is 13.0. The van der Waals surface area contributed by atoms with E-state index in [-0.39, 0.29) is 11.4 Å². The zero-order valence-corrected chi connectivity index (χ0v) is 9.33. The Hall–Kier alpha value is -2.01. The molecule has 2 rings (SSSR count). The van der Waals surface area contributed by atoms with Crippen molar-refractivity contribution in [2.75, 3.05) is 7.05 Å². The molecule has 1 aromatic heterocycles. The summed E-state index contributed by atoms with van der Waals surface area (Å²) in [6.45, 7) is 0.450. The lowest BCUT2D eigenvalue weighted by Crippen LogP contribution is -2.19. The van der Waals surface area contributed by atoms with Gasteiger partial charge in [-0.1, -0.05) is 12.1 Å². The van der Waals surface area contributed by atoms with Crippen LogP contribution in [0.15, 0.2) is 35.3 Å². The van der Waals surface area contributed by atoms with Gasteiger partial charge in [-0.3, -0.25) is 4.79 Å². The first kappa shape index (κ1) is 11.5. The number of aromatic nitrogens is 2. The number of H-pyrrole nitrogens is 1. The number of hydrogen-bond acceptors (Lipinski definition) is 3. The number of benzene rings is 1. The molecule has 0 aliphatic heterocycles. The predicted molar refractivity (Wildman–Crippen MR) is 63.0 cm³/mol. The normalized spacial score (nSPS) is 10.5. The first-order chi connectivity index (χ1) is 8.20. The van der Waals surface area contributed by atoms with Gasteiger partial charge in [-0.25, -0.2) is 9.37 Å². The molecule has 4 nitrogen and oxygen atoms in total. The topological polar surface area (TPSA) is 57.8 Å². The van der Waals surface area contributed by atoms with Crippen LogP contribution in [0.25, 0.3) is 11.4 Å². The van der Waals surface area contributed by atoms with E-state index in [9.17, 15) is 9.18 Å². The van der Waals surface area contributed by atoms with Crippen LogP contribution in [-0.4, -0.2) is 17.0 Å². The Morgan fingerprint density at radius 3 is 2.94 bits per heavy atom. The van der Waals surface area contributed by atoms with E-state index < -0.39 is 0 Å². The number of halogens is 1. The summed E-state index contributed by atoms with van der Waals surface area (Å²) >= 11 is 0. The molecule has 0 aliphatic rings. The molecule has 0 fully saturated rings. The summed E-state index contributed by atoms with van der Waals surface area (Å²) in [5.41, 5.74) is 0.888. The van der Waals surface area contributed by atoms with Crippen LogP contribution in [0.1, 0.15) is 5.56 Å². The van der Waals surface area contributed by atoms with Crippen molar-refractivity contribution in [2.45, 2.75) is 6.54 Å². The number of nitrogens with zero attached hydrogens (tertiary/aromatic N) is 1. The number of hydrogen-bond donors (Lipinski definition) is 2. The van der Waals surface area contributed by atoms with Crippen molar-refractivity contribution in [3.8, 4) is 11.4 Å². The Morgan fingerprint density at radius 1 is 1.47 bits per heavy atom. The zero-order chi connectivity index (χ0) is 12.3. The van der Waals surface area contributed by atoms with Crippen LogP contribution in [0.2, 0.25) is 0 Å². The molecule has 2 aromatic rings. The van der Waals surface area contributed by atoms with Gasteiger partial charge in [-0.2, -0.15) is 0 Å². The monoisotopic (exact) mass is 233 g/mol. The smallest absolute Gasteiger partial charge is 0.255 e. The van der Waals surface area contributed by atoms with Gasteiger partial charge < -0.3 is 10.3 Å². The van der Waals surface area contributed by atoms with Gasteiger partial charge in [0.05, 0.1) is 0 Å². The summed E-state index contributed by atoms with van der Waals surface area (Å²) in [4.78, 5) is 18.4. The van der Waals surface area contributed by atoms with Gasteiger partial charge in [-0.05, 0) is 19.2 Å². The molecule has 0 unspecified atom stereocenters. The molecule has 0 bridgehead atoms. The van der Waals surface area contributed by atoms with Crippen LogP contribution in [-0.2, 0) is 6.54 Å². The summed E-state index contributed by atoms with van der Waals surface area (Å²) < 4.78 is 13.0. The van der Waals surface area contributed by atoms with E-state index in [2.05, 4.69) is 15.3 Å². The maximum Gasteiger partial charge on any atom is 0.255 e. The second kappa shape index (κ2) is 4.88. The molecular weight excluding hydrogens is 221 g/mol. The van der Waals surface area contributed by atoms with Gasteiger partial charge in [0.25, 0.3) is 5.56 Å². The summed E-state index contributed by atoms with van der Waals surface area (Å²) in [5.74, 6) is 0.0128. The fourth-order valence-corrected chi connectivity index (χ4v) is 1.52. The Labute approximate surface area is 97.5 Å². The van der Waals surface area contributed by atoms with Crippen molar-refractivity contribution in [3.63, 3.8) is 0 Å². The van der Waals surface area contributed by atoms with Crippen LogP contribution >= 0.6 is 0 Å². The lowest BCUT2D eigenvalue weighted by atomic mass is 10.2. The maximum atomic E-state index is 13.0. The minimum absolute atomic E-state index is 0.214. The molecule has 1 heterocycles. The average molecular weight is 233 g/mol. The summed E-state index contributed by atoms with van der Waals surface area (Å²) in [7, 11) is 1.75. The van der Waals surface area contributed by atoms with Gasteiger partial charge in [0.1, 0.15) is 11.6 Å². The van der Waals surface area contributed by atoms with E-state index in [4.69, 9.17) is 0 Å². The first-order valence-electron chi connectivity index (χ1n) is 5.19. The summed E-state index contributed by atoms with van der Waals surface area (Å²) in [6, 6.07) is 5.94. The first-order valence-corrected chi connectivity index (χ1v) is 5.19. The third-order valence-corrected chi connectivity index (χ3v) is 2.34. The third kappa shape index (κ3) is 2.57. The molecule has 17 heavy (non-hydrogen) atoms. The van der Waals surface area contributed by atoms with Crippen LogP contribution in [0, 0.1) is 5.82 Å². The van der Waals surface area contributed by atoms with Crippen LogP contribution in [0.3, 0.4) is 0 Å². The van der Waals surface area contributed by atoms with Gasteiger partial charge in [0, 0.05) is 23.9 Å². The van der Waals surface area contributed by atoms with Crippen molar-refractivity contribution in [1.29, 1.82) is 0 Å². The second-order valence-corrected chi connectivity index (χ2v) is 3.63. The summed E-state index contributed by atoms with van der Waals surface area (Å²) in [6.07, 6.45) is 1.50. The quantitative estimate of drug-likeness (QED) is 0.840. The van der Waals surface area contributed by atoms with Gasteiger partial charge in [-0.15, -0.1) is 0 Å². The van der Waals surface area contributed by atoms with Crippen LogP contribution < -0.4 is 10.9 Å². The third-order valence-electron chi connectivity index (χ3n) is 2.34. The molecule has 0 saturated heterocycles. The van der Waals surface area contributed by atoms with Crippen molar-refractivity contribution >= 4 is 0 Å². The fourth-order valence-electron chi connectivity index (χ4n) is 1.52. The molecule has 0 saturated carbocycles. The second-order valence-electron chi connectivity index (χ2n) is 3.63. The average Bonchev–Trinajstić information content (AvgIpc) is 2.32. The standard InChI is InChI=1S/C12H12FN3O/c1-14-6-9-7-15-11(16-12(9)17)8-3-2-4-10(13)5-8/h2-5,7,14H,6H2,1H3,(H,15,16,17). The zero-order valence-electron chi connectivity index (χ0n) is 9.33. The highest BCUT2D eigenvalue weighted by molar-refractivity contribution is 5.54. The highest BCUT2D eigenvalue weighted by atomic mass is 19.1. The fraction of sp³-hybridized carbons (Fsp3) is 0.167. The van der Waals surface area contributed by atoms with Crippen molar-refractivity contribution in [3.05, 3.63) is 52.2 Å². The molecule has 2 N–H and O–H groups in total. The lowest BCUT2D eigenvalue weighted by molar-refractivity contribution is 0.628. The highest BCUT2D eigenvalue weighted by Crippen LogP contribution is 2.14. The van der Waals surface area contributed by atoms with E-state index in [1.807, 2.05) is 0 Å². The minimum Gasteiger partial charge on any atom is -0.315 e. The molecule has 1 aromatic carbocycles. The summed E-state index contributed by atoms with van der Waals surface area (Å²) in [5, 5.41) is 2.87. The van der Waals surface area contributed by atoms with Crippen molar-refractivity contribution in [2.24, 2.45) is 0 Å². The van der Waals surface area contributed by atoms with E-state index in [1.165, 1.54) is 18.3 Å². The SMILES string of the molecule is CNCc1cnc(-c2cccc(F)c2)[nH]c1=O. The van der Waals surface area contributed by atoms with Crippen LogP contribution in [0.4, 0.5) is 4.39 Å². The molecule has 0 atom stereocenters. The van der Waals surface area contributed by atoms with E-state index in [0.29, 0.717) is 23.5 Å². The molecule has 0 amide bonds. The largest absolute Gasteiger partial charge is 0.315 e. The lowest BCUT2D eigenvalue weighted by Gasteiger charge is -2.03.